The van der Waals surface area contributed by atoms with Gasteiger partial charge in [-0.25, -0.2) is 8.78 Å². The van der Waals surface area contributed by atoms with Crippen LogP contribution < -0.4 is 0 Å². The van der Waals surface area contributed by atoms with Crippen LogP contribution in [0.2, 0.25) is 0 Å². The van der Waals surface area contributed by atoms with Crippen molar-refractivity contribution < 1.29 is 22.0 Å². The van der Waals surface area contributed by atoms with E-state index >= 15 is 0 Å². The molecule has 2 saturated carbocycles. The molecule has 0 nitrogen and oxygen atoms in total. The molecule has 0 saturated heterocycles. The Morgan fingerprint density at radius 1 is 0.879 bits per heavy atom. The van der Waals surface area contributed by atoms with E-state index in [0.717, 1.165) is 48.8 Å². The number of allylic oxidation sites excluding steroid dienone is 2. The molecule has 0 radical (unpaired) electrons. The highest BCUT2D eigenvalue weighted by Crippen LogP contribution is 2.48. The van der Waals surface area contributed by atoms with E-state index in [4.69, 9.17) is 0 Å². The van der Waals surface area contributed by atoms with E-state index in [9.17, 15) is 22.0 Å². The SMILES string of the molecule is C/C=C/CCC1CCC2CC(c3ccc(-c4ccc(C(F)(F)F)c(F)c4)c(F)c3)CCC2C1. The van der Waals surface area contributed by atoms with Crippen LogP contribution in [0, 0.1) is 29.4 Å². The Balaban J connectivity index is 1.43. The van der Waals surface area contributed by atoms with Crippen LogP contribution >= 0.6 is 0 Å². The molecule has 2 aromatic carbocycles. The zero-order chi connectivity index (χ0) is 23.6. The van der Waals surface area contributed by atoms with Crippen LogP contribution in [0.25, 0.3) is 11.1 Å². The van der Waals surface area contributed by atoms with Crippen LogP contribution in [0.4, 0.5) is 22.0 Å². The van der Waals surface area contributed by atoms with Crippen molar-refractivity contribution in [1.82, 2.24) is 0 Å². The van der Waals surface area contributed by atoms with Crippen LogP contribution in [0.15, 0.2) is 48.6 Å². The van der Waals surface area contributed by atoms with E-state index in [1.54, 1.807) is 6.07 Å². The summed E-state index contributed by atoms with van der Waals surface area (Å²) in [6, 6.07) is 7.51. The molecule has 4 unspecified atom stereocenters. The molecule has 2 fully saturated rings. The van der Waals surface area contributed by atoms with Crippen molar-refractivity contribution in [3.05, 3.63) is 71.3 Å². The van der Waals surface area contributed by atoms with Crippen LogP contribution in [-0.2, 0) is 6.18 Å². The monoisotopic (exact) mass is 462 g/mol. The highest BCUT2D eigenvalue weighted by Gasteiger charge is 2.36. The van der Waals surface area contributed by atoms with Gasteiger partial charge in [-0.3, -0.25) is 0 Å². The summed E-state index contributed by atoms with van der Waals surface area (Å²) in [6.45, 7) is 2.06. The van der Waals surface area contributed by atoms with Gasteiger partial charge in [0, 0.05) is 5.56 Å². The smallest absolute Gasteiger partial charge is 0.206 e. The molecular formula is C28H31F5. The molecule has 0 spiro atoms. The fourth-order valence-electron chi connectivity index (χ4n) is 5.98. The minimum absolute atomic E-state index is 0.115. The van der Waals surface area contributed by atoms with E-state index < -0.39 is 23.4 Å². The lowest BCUT2D eigenvalue weighted by Gasteiger charge is -2.42. The minimum Gasteiger partial charge on any atom is -0.206 e. The molecule has 0 aliphatic heterocycles. The largest absolute Gasteiger partial charge is 0.419 e. The van der Waals surface area contributed by atoms with Gasteiger partial charge in [-0.1, -0.05) is 36.8 Å². The Morgan fingerprint density at radius 2 is 1.64 bits per heavy atom. The molecule has 4 atom stereocenters. The Labute approximate surface area is 192 Å². The molecule has 0 aromatic heterocycles. The van der Waals surface area contributed by atoms with Gasteiger partial charge < -0.3 is 0 Å². The number of halogens is 5. The third kappa shape index (κ3) is 5.50. The molecule has 4 rings (SSSR count). The topological polar surface area (TPSA) is 0 Å². The molecule has 0 heterocycles. The summed E-state index contributed by atoms with van der Waals surface area (Å²) < 4.78 is 67.3. The van der Waals surface area contributed by atoms with Gasteiger partial charge in [0.05, 0.1) is 5.56 Å². The Morgan fingerprint density at radius 3 is 2.33 bits per heavy atom. The highest BCUT2D eigenvalue weighted by molar-refractivity contribution is 5.65. The Kier molecular flexibility index (Phi) is 7.25. The maximum absolute atomic E-state index is 14.9. The second-order valence-electron chi connectivity index (χ2n) is 9.79. The minimum atomic E-state index is -4.77. The molecule has 2 aliphatic carbocycles. The molecule has 2 aromatic rings. The van der Waals surface area contributed by atoms with Crippen molar-refractivity contribution in [2.45, 2.75) is 70.4 Å². The van der Waals surface area contributed by atoms with Crippen LogP contribution in [0.3, 0.4) is 0 Å². The van der Waals surface area contributed by atoms with Crippen molar-refractivity contribution >= 4 is 0 Å². The fraction of sp³-hybridized carbons (Fsp3) is 0.500. The summed E-state index contributed by atoms with van der Waals surface area (Å²) in [4.78, 5) is 0. The number of alkyl halides is 3. The summed E-state index contributed by atoms with van der Waals surface area (Å²) in [5.41, 5.74) is -0.153. The van der Waals surface area contributed by atoms with Gasteiger partial charge in [0.15, 0.2) is 0 Å². The second kappa shape index (κ2) is 9.99. The van der Waals surface area contributed by atoms with Crippen molar-refractivity contribution in [3.63, 3.8) is 0 Å². The third-order valence-electron chi connectivity index (χ3n) is 7.75. The van der Waals surface area contributed by atoms with E-state index in [-0.39, 0.29) is 11.1 Å². The third-order valence-corrected chi connectivity index (χ3v) is 7.75. The normalized spacial score (nSPS) is 25.9. The first-order chi connectivity index (χ1) is 15.8. The van der Waals surface area contributed by atoms with Crippen LogP contribution in [0.1, 0.15) is 75.3 Å². The second-order valence-corrected chi connectivity index (χ2v) is 9.79. The average molecular weight is 463 g/mol. The predicted octanol–water partition coefficient (Wildman–Crippen LogP) is 9.31. The lowest BCUT2D eigenvalue weighted by atomic mass is 9.63. The number of benzene rings is 2. The first-order valence-electron chi connectivity index (χ1n) is 12.0. The number of rotatable bonds is 5. The van der Waals surface area contributed by atoms with E-state index in [2.05, 4.69) is 19.1 Å². The lowest BCUT2D eigenvalue weighted by molar-refractivity contribution is -0.139. The number of hydrogen-bond acceptors (Lipinski definition) is 0. The molecule has 2 aliphatic rings. The fourth-order valence-corrected chi connectivity index (χ4v) is 5.98. The molecular weight excluding hydrogens is 431 g/mol. The lowest BCUT2D eigenvalue weighted by Crippen LogP contribution is -2.30. The number of fused-ring (bicyclic) bond motifs is 1. The zero-order valence-corrected chi connectivity index (χ0v) is 19.0. The highest BCUT2D eigenvalue weighted by atomic mass is 19.4. The first-order valence-corrected chi connectivity index (χ1v) is 12.0. The molecule has 0 N–H and O–H groups in total. The summed E-state index contributed by atoms with van der Waals surface area (Å²) in [7, 11) is 0. The standard InChI is InChI=1S/C28H31F5/c1-2-3-4-5-18-6-7-20-15-21(9-8-19(20)14-18)22-10-12-24(26(29)16-22)23-11-13-25(27(30)17-23)28(31,32)33/h2-3,10-13,16-21H,4-9,14-15H2,1H3/b3-2+. The molecule has 33 heavy (non-hydrogen) atoms. The summed E-state index contributed by atoms with van der Waals surface area (Å²) in [5, 5.41) is 0. The van der Waals surface area contributed by atoms with Crippen LogP contribution in [-0.4, -0.2) is 0 Å². The van der Waals surface area contributed by atoms with Crippen molar-refractivity contribution in [1.29, 1.82) is 0 Å². The molecule has 5 heteroatoms. The number of hydrogen-bond donors (Lipinski definition) is 0. The van der Waals surface area contributed by atoms with Gasteiger partial charge in [-0.15, -0.1) is 0 Å². The van der Waals surface area contributed by atoms with Crippen LogP contribution in [0.5, 0.6) is 0 Å². The predicted molar refractivity (Wildman–Crippen MR) is 122 cm³/mol. The van der Waals surface area contributed by atoms with Gasteiger partial charge in [-0.05, 0) is 105 Å². The van der Waals surface area contributed by atoms with E-state index in [1.807, 2.05) is 6.07 Å². The summed E-state index contributed by atoms with van der Waals surface area (Å²) in [6.07, 6.45) is 9.14. The van der Waals surface area contributed by atoms with Gasteiger partial charge in [0.2, 0.25) is 0 Å². The average Bonchev–Trinajstić information content (AvgIpc) is 2.78. The van der Waals surface area contributed by atoms with Crippen molar-refractivity contribution in [2.24, 2.45) is 17.8 Å². The maximum atomic E-state index is 14.9. The maximum Gasteiger partial charge on any atom is 0.419 e. The van der Waals surface area contributed by atoms with Gasteiger partial charge >= 0.3 is 6.18 Å². The van der Waals surface area contributed by atoms with E-state index in [0.29, 0.717) is 17.9 Å². The van der Waals surface area contributed by atoms with Gasteiger partial charge in [0.1, 0.15) is 11.6 Å². The van der Waals surface area contributed by atoms with Gasteiger partial charge in [0.25, 0.3) is 0 Å². The Hall–Kier alpha value is -2.17. The van der Waals surface area contributed by atoms with Gasteiger partial charge in [-0.2, -0.15) is 13.2 Å². The summed E-state index contributed by atoms with van der Waals surface area (Å²) >= 11 is 0. The molecule has 0 amide bonds. The zero-order valence-electron chi connectivity index (χ0n) is 19.0. The first kappa shape index (κ1) is 24.0. The quantitative estimate of drug-likeness (QED) is 0.307. The van der Waals surface area contributed by atoms with Crippen molar-refractivity contribution in [2.75, 3.05) is 0 Å². The van der Waals surface area contributed by atoms with E-state index in [1.165, 1.54) is 38.2 Å². The molecule has 0 bridgehead atoms. The summed E-state index contributed by atoms with van der Waals surface area (Å²) in [5.74, 6) is 0.682. The van der Waals surface area contributed by atoms with Crippen molar-refractivity contribution in [3.8, 4) is 11.1 Å². The Bertz CT molecular complexity index is 990. The molecule has 178 valence electrons.